The molecule has 0 spiro atoms. The largest absolute Gasteiger partial charge is 0.497 e. The third-order valence-corrected chi connectivity index (χ3v) is 3.11. The molecule has 1 heterocycles. The van der Waals surface area contributed by atoms with Crippen LogP contribution in [0.2, 0.25) is 0 Å². The van der Waals surface area contributed by atoms with Gasteiger partial charge in [0.1, 0.15) is 11.5 Å². The molecule has 0 atom stereocenters. The predicted molar refractivity (Wildman–Crippen MR) is 86.6 cm³/mol. The molecule has 0 aliphatic carbocycles. The molecule has 0 saturated heterocycles. The van der Waals surface area contributed by atoms with Crippen molar-refractivity contribution in [3.05, 3.63) is 36.2 Å². The summed E-state index contributed by atoms with van der Waals surface area (Å²) in [5.41, 5.74) is 7.75. The minimum atomic E-state index is 0.329. The van der Waals surface area contributed by atoms with Gasteiger partial charge in [0.25, 0.3) is 0 Å². The first-order chi connectivity index (χ1) is 10.6. The fourth-order valence-corrected chi connectivity index (χ4v) is 2.00. The maximum Gasteiger partial charge on any atom is 0.193 e. The molecular weight excluding hydrogens is 282 g/mol. The molecule has 0 saturated carbocycles. The summed E-state index contributed by atoms with van der Waals surface area (Å²) in [6.45, 7) is 0.580. The SMILES string of the molecule is COc1ccc(OC)c(NC(N)=NCCc2cnn(C)c2)c1. The summed E-state index contributed by atoms with van der Waals surface area (Å²) in [4.78, 5) is 4.30. The van der Waals surface area contributed by atoms with E-state index < -0.39 is 0 Å². The predicted octanol–water partition coefficient (Wildman–Crippen LogP) is 1.41. The third kappa shape index (κ3) is 4.15. The van der Waals surface area contributed by atoms with Crippen LogP contribution in [0.4, 0.5) is 5.69 Å². The van der Waals surface area contributed by atoms with Crippen LogP contribution in [0.25, 0.3) is 0 Å². The van der Waals surface area contributed by atoms with Gasteiger partial charge < -0.3 is 20.5 Å². The lowest BCUT2D eigenvalue weighted by Gasteiger charge is -2.12. The highest BCUT2D eigenvalue weighted by molar-refractivity contribution is 5.94. The molecule has 1 aromatic heterocycles. The lowest BCUT2D eigenvalue weighted by atomic mass is 10.2. The third-order valence-electron chi connectivity index (χ3n) is 3.11. The van der Waals surface area contributed by atoms with E-state index in [2.05, 4.69) is 15.4 Å². The van der Waals surface area contributed by atoms with Gasteiger partial charge in [-0.25, -0.2) is 0 Å². The summed E-state index contributed by atoms with van der Waals surface area (Å²) in [5.74, 6) is 1.72. The van der Waals surface area contributed by atoms with Crippen molar-refractivity contribution in [2.75, 3.05) is 26.1 Å². The van der Waals surface area contributed by atoms with Crippen molar-refractivity contribution in [3.8, 4) is 11.5 Å². The number of aromatic nitrogens is 2. The van der Waals surface area contributed by atoms with E-state index in [1.54, 1.807) is 18.9 Å². The van der Waals surface area contributed by atoms with Crippen molar-refractivity contribution < 1.29 is 9.47 Å². The first-order valence-electron chi connectivity index (χ1n) is 6.89. The number of aliphatic imine (C=N–C) groups is 1. The van der Waals surface area contributed by atoms with E-state index >= 15 is 0 Å². The number of hydrogen-bond acceptors (Lipinski definition) is 4. The van der Waals surface area contributed by atoms with Gasteiger partial charge in [-0.15, -0.1) is 0 Å². The van der Waals surface area contributed by atoms with Crippen LogP contribution in [0, 0.1) is 0 Å². The molecule has 0 bridgehead atoms. The zero-order valence-corrected chi connectivity index (χ0v) is 13.0. The lowest BCUT2D eigenvalue weighted by molar-refractivity contribution is 0.405. The molecule has 1 aromatic carbocycles. The zero-order valence-electron chi connectivity index (χ0n) is 13.0. The Morgan fingerprint density at radius 1 is 1.36 bits per heavy atom. The number of nitrogens with zero attached hydrogens (tertiary/aromatic N) is 3. The number of anilines is 1. The molecule has 2 aromatic rings. The average Bonchev–Trinajstić information content (AvgIpc) is 2.92. The summed E-state index contributed by atoms with van der Waals surface area (Å²) in [6, 6.07) is 5.44. The first kappa shape index (κ1) is 15.7. The van der Waals surface area contributed by atoms with E-state index in [0.29, 0.717) is 29.7 Å². The standard InChI is InChI=1S/C15H21N5O2/c1-20-10-11(9-18-20)6-7-17-15(16)19-13-8-12(21-2)4-5-14(13)22-3/h4-5,8-10H,6-7H2,1-3H3,(H3,16,17,19). The van der Waals surface area contributed by atoms with Gasteiger partial charge >= 0.3 is 0 Å². The fourth-order valence-electron chi connectivity index (χ4n) is 2.00. The van der Waals surface area contributed by atoms with Gasteiger partial charge in [-0.2, -0.15) is 5.10 Å². The number of benzene rings is 1. The number of guanidine groups is 1. The topological polar surface area (TPSA) is 86.7 Å². The molecule has 0 fully saturated rings. The molecule has 0 unspecified atom stereocenters. The van der Waals surface area contributed by atoms with Crippen LogP contribution >= 0.6 is 0 Å². The minimum Gasteiger partial charge on any atom is -0.497 e. The fraction of sp³-hybridized carbons (Fsp3) is 0.333. The van der Waals surface area contributed by atoms with E-state index in [4.69, 9.17) is 15.2 Å². The number of aryl methyl sites for hydroxylation is 1. The van der Waals surface area contributed by atoms with Crippen LogP contribution in [0.3, 0.4) is 0 Å². The van der Waals surface area contributed by atoms with E-state index in [1.165, 1.54) is 0 Å². The Bertz CT molecular complexity index is 651. The van der Waals surface area contributed by atoms with Crippen LogP contribution in [-0.4, -0.2) is 36.5 Å². The van der Waals surface area contributed by atoms with Gasteiger partial charge in [0, 0.05) is 25.9 Å². The second-order valence-corrected chi connectivity index (χ2v) is 4.73. The van der Waals surface area contributed by atoms with E-state index in [1.807, 2.05) is 37.6 Å². The molecule has 2 rings (SSSR count). The molecule has 7 heteroatoms. The van der Waals surface area contributed by atoms with Gasteiger partial charge in [-0.05, 0) is 24.1 Å². The average molecular weight is 303 g/mol. The van der Waals surface area contributed by atoms with Crippen molar-refractivity contribution in [2.45, 2.75) is 6.42 Å². The molecule has 3 N–H and O–H groups in total. The van der Waals surface area contributed by atoms with Crippen LogP contribution < -0.4 is 20.5 Å². The normalized spacial score (nSPS) is 11.3. The van der Waals surface area contributed by atoms with Gasteiger partial charge in [0.15, 0.2) is 5.96 Å². The summed E-state index contributed by atoms with van der Waals surface area (Å²) >= 11 is 0. The van der Waals surface area contributed by atoms with E-state index in [-0.39, 0.29) is 0 Å². The first-order valence-corrected chi connectivity index (χ1v) is 6.89. The quantitative estimate of drug-likeness (QED) is 0.622. The van der Waals surface area contributed by atoms with Crippen LogP contribution in [0.1, 0.15) is 5.56 Å². The molecule has 0 amide bonds. The summed E-state index contributed by atoms with van der Waals surface area (Å²) in [5, 5.41) is 7.14. The molecular formula is C15H21N5O2. The Labute approximate surface area is 129 Å². The number of rotatable bonds is 6. The number of methoxy groups -OCH3 is 2. The van der Waals surface area contributed by atoms with Crippen molar-refractivity contribution in [3.63, 3.8) is 0 Å². The second kappa shape index (κ2) is 7.35. The Kier molecular flexibility index (Phi) is 5.24. The monoisotopic (exact) mass is 303 g/mol. The highest BCUT2D eigenvalue weighted by Crippen LogP contribution is 2.28. The zero-order chi connectivity index (χ0) is 15.9. The van der Waals surface area contributed by atoms with Crippen LogP contribution in [0.15, 0.2) is 35.6 Å². The second-order valence-electron chi connectivity index (χ2n) is 4.73. The molecule has 0 aliphatic heterocycles. The molecule has 0 aliphatic rings. The van der Waals surface area contributed by atoms with Gasteiger partial charge in [0.05, 0.1) is 26.1 Å². The van der Waals surface area contributed by atoms with Crippen LogP contribution in [-0.2, 0) is 13.5 Å². The molecule has 118 valence electrons. The van der Waals surface area contributed by atoms with Crippen molar-refractivity contribution in [1.82, 2.24) is 9.78 Å². The Morgan fingerprint density at radius 3 is 2.82 bits per heavy atom. The Hall–Kier alpha value is -2.70. The number of ether oxygens (including phenoxy) is 2. The van der Waals surface area contributed by atoms with Crippen LogP contribution in [0.5, 0.6) is 11.5 Å². The van der Waals surface area contributed by atoms with E-state index in [9.17, 15) is 0 Å². The molecule has 0 radical (unpaired) electrons. The molecule has 7 nitrogen and oxygen atoms in total. The van der Waals surface area contributed by atoms with Gasteiger partial charge in [0.2, 0.25) is 0 Å². The minimum absolute atomic E-state index is 0.329. The van der Waals surface area contributed by atoms with E-state index in [0.717, 1.165) is 12.0 Å². The highest BCUT2D eigenvalue weighted by atomic mass is 16.5. The maximum atomic E-state index is 5.91. The van der Waals surface area contributed by atoms with Crippen molar-refractivity contribution in [1.29, 1.82) is 0 Å². The Balaban J connectivity index is 1.98. The van der Waals surface area contributed by atoms with Crippen molar-refractivity contribution >= 4 is 11.6 Å². The Morgan fingerprint density at radius 2 is 2.18 bits per heavy atom. The lowest BCUT2D eigenvalue weighted by Crippen LogP contribution is -2.23. The summed E-state index contributed by atoms with van der Waals surface area (Å²) in [7, 11) is 5.09. The van der Waals surface area contributed by atoms with Crippen molar-refractivity contribution in [2.24, 2.45) is 17.8 Å². The highest BCUT2D eigenvalue weighted by Gasteiger charge is 2.06. The number of hydrogen-bond donors (Lipinski definition) is 2. The number of nitrogens with one attached hydrogen (secondary N) is 1. The number of nitrogens with two attached hydrogens (primary N) is 1. The van der Waals surface area contributed by atoms with Gasteiger partial charge in [-0.3, -0.25) is 9.67 Å². The summed E-state index contributed by atoms with van der Waals surface area (Å²) in [6.07, 6.45) is 4.57. The smallest absolute Gasteiger partial charge is 0.193 e. The maximum absolute atomic E-state index is 5.91. The summed E-state index contributed by atoms with van der Waals surface area (Å²) < 4.78 is 12.2. The van der Waals surface area contributed by atoms with Gasteiger partial charge in [-0.1, -0.05) is 0 Å². The molecule has 22 heavy (non-hydrogen) atoms.